The van der Waals surface area contributed by atoms with Gasteiger partial charge in [-0.1, -0.05) is 0 Å². The molecular formula is C18H23N5O2. The van der Waals surface area contributed by atoms with Gasteiger partial charge < -0.3 is 15.0 Å². The Morgan fingerprint density at radius 2 is 1.92 bits per heavy atom. The van der Waals surface area contributed by atoms with Crippen molar-refractivity contribution in [3.63, 3.8) is 0 Å². The summed E-state index contributed by atoms with van der Waals surface area (Å²) in [6, 6.07) is 3.77. The van der Waals surface area contributed by atoms with E-state index in [1.807, 2.05) is 30.9 Å². The predicted octanol–water partition coefficient (Wildman–Crippen LogP) is 1.82. The van der Waals surface area contributed by atoms with Crippen molar-refractivity contribution in [3.05, 3.63) is 35.8 Å². The van der Waals surface area contributed by atoms with E-state index >= 15 is 0 Å². The van der Waals surface area contributed by atoms with Crippen molar-refractivity contribution in [2.75, 3.05) is 38.2 Å². The van der Waals surface area contributed by atoms with Gasteiger partial charge in [-0.3, -0.25) is 9.78 Å². The molecule has 7 heteroatoms. The Morgan fingerprint density at radius 1 is 1.20 bits per heavy atom. The largest absolute Gasteiger partial charge is 0.378 e. The van der Waals surface area contributed by atoms with Crippen LogP contribution in [-0.2, 0) is 9.53 Å². The molecule has 0 radical (unpaired) electrons. The van der Waals surface area contributed by atoms with Crippen LogP contribution < -0.4 is 5.32 Å². The second-order valence-electron chi connectivity index (χ2n) is 6.01. The van der Waals surface area contributed by atoms with Gasteiger partial charge in [-0.05, 0) is 26.0 Å². The monoisotopic (exact) mass is 341 g/mol. The number of nitrogens with one attached hydrogen (secondary N) is 1. The first-order valence-corrected chi connectivity index (χ1v) is 8.50. The fraction of sp³-hybridized carbons (Fsp3) is 0.444. The van der Waals surface area contributed by atoms with Crippen LogP contribution in [0.15, 0.2) is 24.5 Å². The van der Waals surface area contributed by atoms with Crippen LogP contribution in [0, 0.1) is 13.8 Å². The van der Waals surface area contributed by atoms with E-state index in [1.165, 1.54) is 0 Å². The van der Waals surface area contributed by atoms with Crippen molar-refractivity contribution < 1.29 is 9.53 Å². The Labute approximate surface area is 147 Å². The summed E-state index contributed by atoms with van der Waals surface area (Å²) in [5, 5.41) is 3.29. The summed E-state index contributed by atoms with van der Waals surface area (Å²) in [5.41, 5.74) is 2.84. The molecular weight excluding hydrogens is 318 g/mol. The van der Waals surface area contributed by atoms with Crippen LogP contribution in [0.2, 0.25) is 0 Å². The van der Waals surface area contributed by atoms with Gasteiger partial charge in [0.1, 0.15) is 5.82 Å². The lowest BCUT2D eigenvalue weighted by atomic mass is 10.2. The number of aromatic nitrogens is 3. The van der Waals surface area contributed by atoms with Gasteiger partial charge in [-0.15, -0.1) is 0 Å². The standard InChI is InChI=1S/C18H23N5O2/c1-13-14(2)21-18(15-3-6-19-7-4-15)22-17(13)20-8-5-16(24)23-9-11-25-12-10-23/h3-4,6-7H,5,8-12H2,1-2H3,(H,20,21,22). The number of amides is 1. The van der Waals surface area contributed by atoms with Crippen LogP contribution in [0.3, 0.4) is 0 Å². The van der Waals surface area contributed by atoms with Gasteiger partial charge in [0, 0.05) is 55.3 Å². The molecule has 1 amide bonds. The van der Waals surface area contributed by atoms with E-state index in [1.54, 1.807) is 12.4 Å². The molecule has 0 saturated carbocycles. The maximum absolute atomic E-state index is 12.2. The Bertz CT molecular complexity index is 730. The number of hydrogen-bond donors (Lipinski definition) is 1. The number of aryl methyl sites for hydroxylation is 1. The number of morpholine rings is 1. The second-order valence-corrected chi connectivity index (χ2v) is 6.01. The Balaban J connectivity index is 1.65. The smallest absolute Gasteiger partial charge is 0.224 e. The molecule has 1 aliphatic heterocycles. The van der Waals surface area contributed by atoms with Crippen LogP contribution in [0.5, 0.6) is 0 Å². The van der Waals surface area contributed by atoms with E-state index in [-0.39, 0.29) is 5.91 Å². The fourth-order valence-corrected chi connectivity index (χ4v) is 2.69. The topological polar surface area (TPSA) is 80.2 Å². The van der Waals surface area contributed by atoms with Gasteiger partial charge in [0.2, 0.25) is 5.91 Å². The van der Waals surface area contributed by atoms with Crippen LogP contribution >= 0.6 is 0 Å². The summed E-state index contributed by atoms with van der Waals surface area (Å²) in [5.74, 6) is 1.58. The molecule has 1 N–H and O–H groups in total. The SMILES string of the molecule is Cc1nc(-c2ccncc2)nc(NCCC(=O)N2CCOCC2)c1C. The number of ether oxygens (including phenoxy) is 1. The molecule has 1 saturated heterocycles. The lowest BCUT2D eigenvalue weighted by Gasteiger charge is -2.27. The maximum Gasteiger partial charge on any atom is 0.224 e. The molecule has 3 heterocycles. The van der Waals surface area contributed by atoms with Gasteiger partial charge in [0.25, 0.3) is 0 Å². The zero-order valence-corrected chi connectivity index (χ0v) is 14.7. The minimum Gasteiger partial charge on any atom is -0.378 e. The highest BCUT2D eigenvalue weighted by molar-refractivity contribution is 5.76. The zero-order valence-electron chi connectivity index (χ0n) is 14.7. The first-order valence-electron chi connectivity index (χ1n) is 8.50. The van der Waals surface area contributed by atoms with Crippen molar-refractivity contribution in [1.82, 2.24) is 19.9 Å². The second kappa shape index (κ2) is 8.02. The summed E-state index contributed by atoms with van der Waals surface area (Å²) < 4.78 is 5.28. The van der Waals surface area contributed by atoms with E-state index in [4.69, 9.17) is 4.74 Å². The van der Waals surface area contributed by atoms with Crippen LogP contribution in [0.25, 0.3) is 11.4 Å². The molecule has 7 nitrogen and oxygen atoms in total. The summed E-state index contributed by atoms with van der Waals surface area (Å²) in [6.45, 7) is 7.09. The van der Waals surface area contributed by atoms with E-state index in [9.17, 15) is 4.79 Å². The molecule has 0 spiro atoms. The van der Waals surface area contributed by atoms with Crippen molar-refractivity contribution in [2.24, 2.45) is 0 Å². The number of rotatable bonds is 5. The molecule has 25 heavy (non-hydrogen) atoms. The Hall–Kier alpha value is -2.54. The summed E-state index contributed by atoms with van der Waals surface area (Å²) in [7, 11) is 0. The molecule has 2 aromatic rings. The van der Waals surface area contributed by atoms with E-state index in [2.05, 4.69) is 20.3 Å². The zero-order chi connectivity index (χ0) is 17.6. The van der Waals surface area contributed by atoms with Gasteiger partial charge in [0.15, 0.2) is 5.82 Å². The quantitative estimate of drug-likeness (QED) is 0.893. The first-order chi connectivity index (χ1) is 12.1. The molecule has 0 atom stereocenters. The highest BCUT2D eigenvalue weighted by Crippen LogP contribution is 2.21. The van der Waals surface area contributed by atoms with Gasteiger partial charge in [-0.2, -0.15) is 0 Å². The third-order valence-electron chi connectivity index (χ3n) is 4.32. The Kier molecular flexibility index (Phi) is 5.55. The molecule has 0 aromatic carbocycles. The van der Waals surface area contributed by atoms with Crippen LogP contribution in [0.4, 0.5) is 5.82 Å². The Morgan fingerprint density at radius 3 is 2.64 bits per heavy atom. The highest BCUT2D eigenvalue weighted by Gasteiger charge is 2.16. The van der Waals surface area contributed by atoms with E-state index < -0.39 is 0 Å². The van der Waals surface area contributed by atoms with Gasteiger partial charge >= 0.3 is 0 Å². The molecule has 0 bridgehead atoms. The average molecular weight is 341 g/mol. The number of carbonyl (C=O) groups is 1. The molecule has 132 valence electrons. The molecule has 2 aromatic heterocycles. The van der Waals surface area contributed by atoms with Gasteiger partial charge in [0.05, 0.1) is 13.2 Å². The van der Waals surface area contributed by atoms with Crippen molar-refractivity contribution >= 4 is 11.7 Å². The van der Waals surface area contributed by atoms with E-state index in [0.29, 0.717) is 45.1 Å². The lowest BCUT2D eigenvalue weighted by Crippen LogP contribution is -2.41. The number of carbonyl (C=O) groups excluding carboxylic acids is 1. The van der Waals surface area contributed by atoms with Crippen molar-refractivity contribution in [2.45, 2.75) is 20.3 Å². The third kappa shape index (κ3) is 4.30. The van der Waals surface area contributed by atoms with Crippen molar-refractivity contribution in [3.8, 4) is 11.4 Å². The summed E-state index contributed by atoms with van der Waals surface area (Å²) in [4.78, 5) is 27.3. The molecule has 0 aliphatic carbocycles. The lowest BCUT2D eigenvalue weighted by molar-refractivity contribution is -0.134. The minimum atomic E-state index is 0.147. The summed E-state index contributed by atoms with van der Waals surface area (Å²) >= 11 is 0. The fourth-order valence-electron chi connectivity index (χ4n) is 2.69. The van der Waals surface area contributed by atoms with Crippen LogP contribution in [-0.4, -0.2) is 58.6 Å². The molecule has 1 fully saturated rings. The maximum atomic E-state index is 12.2. The number of nitrogens with zero attached hydrogens (tertiary/aromatic N) is 4. The van der Waals surface area contributed by atoms with Crippen molar-refractivity contribution in [1.29, 1.82) is 0 Å². The number of anilines is 1. The number of pyridine rings is 1. The predicted molar refractivity (Wildman–Crippen MR) is 95.2 cm³/mol. The summed E-state index contributed by atoms with van der Waals surface area (Å²) in [6.07, 6.45) is 3.89. The normalized spacial score (nSPS) is 14.4. The first kappa shape index (κ1) is 17.3. The average Bonchev–Trinajstić information content (AvgIpc) is 2.66. The van der Waals surface area contributed by atoms with Crippen LogP contribution in [0.1, 0.15) is 17.7 Å². The van der Waals surface area contributed by atoms with E-state index in [0.717, 1.165) is 22.6 Å². The highest BCUT2D eigenvalue weighted by atomic mass is 16.5. The molecule has 0 unspecified atom stereocenters. The third-order valence-corrected chi connectivity index (χ3v) is 4.32. The number of hydrogen-bond acceptors (Lipinski definition) is 6. The minimum absolute atomic E-state index is 0.147. The van der Waals surface area contributed by atoms with Gasteiger partial charge in [-0.25, -0.2) is 9.97 Å². The molecule has 3 rings (SSSR count). The molecule has 1 aliphatic rings.